The molecule has 0 radical (unpaired) electrons. The SMILES string of the molecule is CCCNC(=O)NCC(C(C)C)N1CCOCC1. The fourth-order valence-corrected chi connectivity index (χ4v) is 2.19. The molecule has 0 saturated carbocycles. The smallest absolute Gasteiger partial charge is 0.314 e. The van der Waals surface area contributed by atoms with E-state index in [1.165, 1.54) is 0 Å². The average molecular weight is 257 g/mol. The molecule has 0 aromatic heterocycles. The lowest BCUT2D eigenvalue weighted by atomic mass is 10.0. The summed E-state index contributed by atoms with van der Waals surface area (Å²) in [5.74, 6) is 0.523. The van der Waals surface area contributed by atoms with Crippen molar-refractivity contribution in [2.75, 3.05) is 39.4 Å². The first-order chi connectivity index (χ1) is 8.65. The summed E-state index contributed by atoms with van der Waals surface area (Å²) in [6.45, 7) is 11.4. The van der Waals surface area contributed by atoms with Gasteiger partial charge in [-0.3, -0.25) is 4.90 Å². The molecular formula is C13H27N3O2. The Labute approximate surface area is 110 Å². The third kappa shape index (κ3) is 5.23. The van der Waals surface area contributed by atoms with Gasteiger partial charge in [-0.25, -0.2) is 4.79 Å². The van der Waals surface area contributed by atoms with Crippen LogP contribution < -0.4 is 10.6 Å². The highest BCUT2D eigenvalue weighted by molar-refractivity contribution is 5.73. The maximum atomic E-state index is 11.5. The highest BCUT2D eigenvalue weighted by Crippen LogP contribution is 2.12. The van der Waals surface area contributed by atoms with Gasteiger partial charge in [0, 0.05) is 32.2 Å². The largest absolute Gasteiger partial charge is 0.379 e. The van der Waals surface area contributed by atoms with E-state index in [4.69, 9.17) is 4.74 Å². The van der Waals surface area contributed by atoms with Crippen LogP contribution in [0.15, 0.2) is 0 Å². The van der Waals surface area contributed by atoms with Gasteiger partial charge in [-0.15, -0.1) is 0 Å². The van der Waals surface area contributed by atoms with E-state index in [1.807, 2.05) is 6.92 Å². The van der Waals surface area contributed by atoms with E-state index < -0.39 is 0 Å². The topological polar surface area (TPSA) is 53.6 Å². The first kappa shape index (κ1) is 15.2. The second-order valence-corrected chi connectivity index (χ2v) is 5.10. The molecule has 1 saturated heterocycles. The number of carbonyl (C=O) groups is 1. The molecule has 1 unspecified atom stereocenters. The molecule has 2 N–H and O–H groups in total. The van der Waals surface area contributed by atoms with Gasteiger partial charge >= 0.3 is 6.03 Å². The van der Waals surface area contributed by atoms with Crippen LogP contribution >= 0.6 is 0 Å². The molecule has 5 nitrogen and oxygen atoms in total. The van der Waals surface area contributed by atoms with Gasteiger partial charge in [0.05, 0.1) is 13.2 Å². The molecule has 0 spiro atoms. The van der Waals surface area contributed by atoms with Crippen molar-refractivity contribution in [3.05, 3.63) is 0 Å². The second-order valence-electron chi connectivity index (χ2n) is 5.10. The Balaban J connectivity index is 2.35. The molecule has 0 bridgehead atoms. The average Bonchev–Trinajstić information content (AvgIpc) is 2.37. The molecule has 0 aromatic rings. The van der Waals surface area contributed by atoms with Crippen molar-refractivity contribution in [1.29, 1.82) is 0 Å². The normalized spacial score (nSPS) is 18.7. The molecule has 1 atom stereocenters. The van der Waals surface area contributed by atoms with Gasteiger partial charge in [0.15, 0.2) is 0 Å². The maximum Gasteiger partial charge on any atom is 0.314 e. The van der Waals surface area contributed by atoms with E-state index in [1.54, 1.807) is 0 Å². The van der Waals surface area contributed by atoms with Crippen molar-refractivity contribution in [2.24, 2.45) is 5.92 Å². The molecule has 1 aliphatic rings. The van der Waals surface area contributed by atoms with Gasteiger partial charge in [-0.05, 0) is 12.3 Å². The molecule has 2 amide bonds. The van der Waals surface area contributed by atoms with Crippen molar-refractivity contribution in [3.8, 4) is 0 Å². The van der Waals surface area contributed by atoms with Crippen LogP contribution in [0.25, 0.3) is 0 Å². The molecule has 1 fully saturated rings. The van der Waals surface area contributed by atoms with Crippen LogP contribution in [-0.4, -0.2) is 56.4 Å². The van der Waals surface area contributed by atoms with Gasteiger partial charge in [0.2, 0.25) is 0 Å². The van der Waals surface area contributed by atoms with Crippen LogP contribution in [0.4, 0.5) is 4.79 Å². The summed E-state index contributed by atoms with van der Waals surface area (Å²) >= 11 is 0. The number of carbonyl (C=O) groups excluding carboxylic acids is 1. The molecule has 1 aliphatic heterocycles. The van der Waals surface area contributed by atoms with Gasteiger partial charge in [0.1, 0.15) is 0 Å². The minimum Gasteiger partial charge on any atom is -0.379 e. The van der Waals surface area contributed by atoms with E-state index in [2.05, 4.69) is 29.4 Å². The third-order valence-corrected chi connectivity index (χ3v) is 3.29. The summed E-state index contributed by atoms with van der Waals surface area (Å²) in [4.78, 5) is 14.0. The van der Waals surface area contributed by atoms with E-state index >= 15 is 0 Å². The van der Waals surface area contributed by atoms with Gasteiger partial charge in [0.25, 0.3) is 0 Å². The van der Waals surface area contributed by atoms with Crippen LogP contribution in [0.2, 0.25) is 0 Å². The van der Waals surface area contributed by atoms with Crippen molar-refractivity contribution in [3.63, 3.8) is 0 Å². The predicted molar refractivity (Wildman–Crippen MR) is 72.7 cm³/mol. The predicted octanol–water partition coefficient (Wildman–Crippen LogP) is 1.05. The van der Waals surface area contributed by atoms with Crippen LogP contribution in [-0.2, 0) is 4.74 Å². The number of ether oxygens (including phenoxy) is 1. The molecule has 0 aliphatic carbocycles. The molecule has 0 aromatic carbocycles. The summed E-state index contributed by atoms with van der Waals surface area (Å²) in [6.07, 6.45) is 0.963. The zero-order valence-corrected chi connectivity index (χ0v) is 11.9. The van der Waals surface area contributed by atoms with Crippen molar-refractivity contribution in [1.82, 2.24) is 15.5 Å². The van der Waals surface area contributed by atoms with Crippen LogP contribution in [0, 0.1) is 5.92 Å². The van der Waals surface area contributed by atoms with E-state index in [9.17, 15) is 4.79 Å². The Morgan fingerprint density at radius 2 is 1.94 bits per heavy atom. The Hall–Kier alpha value is -0.810. The standard InChI is InChI=1S/C13H27N3O2/c1-4-5-14-13(17)15-10-12(11(2)3)16-6-8-18-9-7-16/h11-12H,4-10H2,1-3H3,(H2,14,15,17). The highest BCUT2D eigenvalue weighted by atomic mass is 16.5. The van der Waals surface area contributed by atoms with E-state index in [0.717, 1.165) is 39.3 Å². The lowest BCUT2D eigenvalue weighted by Crippen LogP contribution is -2.52. The van der Waals surface area contributed by atoms with Gasteiger partial charge < -0.3 is 15.4 Å². The van der Waals surface area contributed by atoms with Gasteiger partial charge in [-0.1, -0.05) is 20.8 Å². The number of hydrogen-bond donors (Lipinski definition) is 2. The maximum absolute atomic E-state index is 11.5. The number of morpholine rings is 1. The molecule has 18 heavy (non-hydrogen) atoms. The molecule has 1 rings (SSSR count). The van der Waals surface area contributed by atoms with Crippen molar-refractivity contribution >= 4 is 6.03 Å². The van der Waals surface area contributed by atoms with Crippen molar-refractivity contribution in [2.45, 2.75) is 33.2 Å². The molecular weight excluding hydrogens is 230 g/mol. The summed E-state index contributed by atoms with van der Waals surface area (Å²) in [6, 6.07) is 0.331. The second kappa shape index (κ2) is 8.32. The lowest BCUT2D eigenvalue weighted by Gasteiger charge is -2.36. The quantitative estimate of drug-likeness (QED) is 0.748. The fourth-order valence-electron chi connectivity index (χ4n) is 2.19. The summed E-state index contributed by atoms with van der Waals surface area (Å²) in [5, 5.41) is 5.80. The van der Waals surface area contributed by atoms with Crippen LogP contribution in [0.3, 0.4) is 0 Å². The zero-order chi connectivity index (χ0) is 13.4. The monoisotopic (exact) mass is 257 g/mol. The van der Waals surface area contributed by atoms with Crippen LogP contribution in [0.1, 0.15) is 27.2 Å². The van der Waals surface area contributed by atoms with Crippen molar-refractivity contribution < 1.29 is 9.53 Å². The summed E-state index contributed by atoms with van der Waals surface area (Å²) < 4.78 is 5.37. The number of amides is 2. The minimum atomic E-state index is -0.0595. The first-order valence-corrected chi connectivity index (χ1v) is 6.98. The Morgan fingerprint density at radius 3 is 2.50 bits per heavy atom. The zero-order valence-electron chi connectivity index (χ0n) is 11.9. The Bertz CT molecular complexity index is 240. The number of nitrogens with one attached hydrogen (secondary N) is 2. The lowest BCUT2D eigenvalue weighted by molar-refractivity contribution is 0.00720. The number of hydrogen-bond acceptors (Lipinski definition) is 3. The number of nitrogens with zero attached hydrogens (tertiary/aromatic N) is 1. The first-order valence-electron chi connectivity index (χ1n) is 6.98. The number of rotatable bonds is 6. The van der Waals surface area contributed by atoms with E-state index in [0.29, 0.717) is 18.5 Å². The molecule has 1 heterocycles. The Morgan fingerprint density at radius 1 is 1.28 bits per heavy atom. The third-order valence-electron chi connectivity index (χ3n) is 3.29. The minimum absolute atomic E-state index is 0.0595. The van der Waals surface area contributed by atoms with Gasteiger partial charge in [-0.2, -0.15) is 0 Å². The molecule has 5 heteroatoms. The fraction of sp³-hybridized carbons (Fsp3) is 0.923. The Kier molecular flexibility index (Phi) is 7.05. The highest BCUT2D eigenvalue weighted by Gasteiger charge is 2.23. The summed E-state index contributed by atoms with van der Waals surface area (Å²) in [5.41, 5.74) is 0. The molecule has 106 valence electrons. The number of urea groups is 1. The van der Waals surface area contributed by atoms with E-state index in [-0.39, 0.29) is 6.03 Å². The van der Waals surface area contributed by atoms with Crippen LogP contribution in [0.5, 0.6) is 0 Å². The summed E-state index contributed by atoms with van der Waals surface area (Å²) in [7, 11) is 0.